The summed E-state index contributed by atoms with van der Waals surface area (Å²) in [4.78, 5) is 4.91. The lowest BCUT2D eigenvalue weighted by Gasteiger charge is -2.41. The van der Waals surface area contributed by atoms with Crippen molar-refractivity contribution in [3.8, 4) is 17.2 Å². The van der Waals surface area contributed by atoms with Gasteiger partial charge in [-0.2, -0.15) is 5.26 Å². The normalized spacial score (nSPS) is 13.5. The second-order valence-electron chi connectivity index (χ2n) is 15.1. The van der Waals surface area contributed by atoms with Crippen molar-refractivity contribution in [1.82, 2.24) is 0 Å². The molecule has 0 fully saturated rings. The van der Waals surface area contributed by atoms with Crippen LogP contribution < -0.4 is 26.2 Å². The molecule has 3 aliphatic heterocycles. The van der Waals surface area contributed by atoms with E-state index in [0.29, 0.717) is 5.56 Å². The summed E-state index contributed by atoms with van der Waals surface area (Å²) >= 11 is 0. The van der Waals surface area contributed by atoms with Crippen molar-refractivity contribution in [2.75, 3.05) is 9.80 Å². The maximum absolute atomic E-state index is 10.6. The van der Waals surface area contributed by atoms with E-state index < -0.39 is 0 Å². The quantitative estimate of drug-likeness (QED) is 0.169. The molecule has 0 atom stereocenters. The van der Waals surface area contributed by atoms with Gasteiger partial charge >= 0.3 is 0 Å². The monoisotopic (exact) mass is 697 g/mol. The zero-order valence-electron chi connectivity index (χ0n) is 30.0. The Balaban J connectivity index is 1.18. The number of aryl methyl sites for hydroxylation is 2. The van der Waals surface area contributed by atoms with Crippen LogP contribution in [0.15, 0.2) is 170 Å². The smallest absolute Gasteiger partial charge is 0.248 e. The van der Waals surface area contributed by atoms with Crippen LogP contribution in [0.25, 0.3) is 43.4 Å². The molecule has 0 aliphatic carbocycles. The Morgan fingerprint density at radius 2 is 1.13 bits per heavy atom. The van der Waals surface area contributed by atoms with Gasteiger partial charge in [0.25, 0.3) is 0 Å². The summed E-state index contributed by atoms with van der Waals surface area (Å²) in [6, 6.07) is 64.9. The van der Waals surface area contributed by atoms with Crippen LogP contribution in [0, 0.1) is 11.3 Å². The Labute approximate surface area is 320 Å². The van der Waals surface area contributed by atoms with E-state index in [9.17, 15) is 5.26 Å². The summed E-state index contributed by atoms with van der Waals surface area (Å²) in [6.45, 7) is -0.0239. The fraction of sp³-hybridized carbons (Fsp3) is 0.0392. The molecule has 9 aromatic rings. The van der Waals surface area contributed by atoms with Crippen LogP contribution in [0.4, 0.5) is 34.1 Å². The molecular formula is C51H32BN3. The summed E-state index contributed by atoms with van der Waals surface area (Å²) in [5, 5.41) is 17.9. The first-order chi connectivity index (χ1) is 27.2. The fourth-order valence-electron chi connectivity index (χ4n) is 9.90. The topological polar surface area (TPSA) is 30.3 Å². The van der Waals surface area contributed by atoms with E-state index in [1.54, 1.807) is 0 Å². The Bertz CT molecular complexity index is 3110. The van der Waals surface area contributed by atoms with Gasteiger partial charge in [0.2, 0.25) is 6.71 Å². The highest BCUT2D eigenvalue weighted by molar-refractivity contribution is 7.01. The third kappa shape index (κ3) is 4.33. The maximum Gasteiger partial charge on any atom is 0.248 e. The van der Waals surface area contributed by atoms with E-state index in [-0.39, 0.29) is 6.71 Å². The number of nitriles is 1. The maximum atomic E-state index is 10.6. The Hall–Kier alpha value is -7.09. The van der Waals surface area contributed by atoms with E-state index in [1.165, 1.54) is 82.5 Å². The van der Waals surface area contributed by atoms with Gasteiger partial charge in [-0.3, -0.25) is 0 Å². The van der Waals surface area contributed by atoms with E-state index in [4.69, 9.17) is 0 Å². The molecule has 254 valence electrons. The van der Waals surface area contributed by atoms with Crippen LogP contribution in [0.1, 0.15) is 16.7 Å². The number of hydrogen-bond donors (Lipinski definition) is 0. The summed E-state index contributed by atoms with van der Waals surface area (Å²) in [5.41, 5.74) is 16.5. The van der Waals surface area contributed by atoms with Gasteiger partial charge in [0.1, 0.15) is 0 Å². The molecule has 3 heterocycles. The molecule has 0 bridgehead atoms. The molecule has 3 aliphatic rings. The van der Waals surface area contributed by atoms with E-state index in [1.807, 2.05) is 0 Å². The van der Waals surface area contributed by atoms with Gasteiger partial charge in [-0.1, -0.05) is 127 Å². The number of hydrogen-bond acceptors (Lipinski definition) is 3. The van der Waals surface area contributed by atoms with Crippen molar-refractivity contribution >= 4 is 89.5 Å². The molecule has 9 aromatic carbocycles. The first-order valence-corrected chi connectivity index (χ1v) is 19.1. The Morgan fingerprint density at radius 1 is 0.455 bits per heavy atom. The summed E-state index contributed by atoms with van der Waals surface area (Å²) < 4.78 is 0. The first-order valence-electron chi connectivity index (χ1n) is 19.1. The SMILES string of the molecule is N#Cc1cc2c3c(c1)N(c1ccc4ccccc4c1)c1cc4ccccc4cc1B3c1ccc(N3c4ccccc4CCc4ccccc43)c3cccc-2c13. The minimum atomic E-state index is -0.0239. The molecule has 0 aromatic heterocycles. The van der Waals surface area contributed by atoms with Crippen LogP contribution in [-0.2, 0) is 12.8 Å². The molecule has 3 nitrogen and oxygen atoms in total. The van der Waals surface area contributed by atoms with E-state index in [2.05, 4.69) is 186 Å². The van der Waals surface area contributed by atoms with Gasteiger partial charge in [0.05, 0.1) is 17.3 Å². The third-order valence-corrected chi connectivity index (χ3v) is 12.3. The number of anilines is 6. The predicted molar refractivity (Wildman–Crippen MR) is 231 cm³/mol. The standard InChI is InChI=1S/C51H32BN3/c53-31-32-26-42-40-16-9-17-41-47(55-45-18-7-5-11-34(45)20-21-35-12-6-8-19-46(35)55)25-24-43(50(40)41)52-44-29-37-14-3-4-15-38(37)30-48(44)54(49(27-32)51(42)52)39-23-22-33-10-1-2-13-36(33)28-39/h1-19,22-30H,20-21H2. The molecular weight excluding hydrogens is 665 g/mol. The molecule has 0 unspecified atom stereocenters. The molecule has 12 rings (SSSR count). The molecule has 0 spiro atoms. The van der Waals surface area contributed by atoms with Crippen molar-refractivity contribution in [2.24, 2.45) is 0 Å². The lowest BCUT2D eigenvalue weighted by molar-refractivity contribution is 0.977. The highest BCUT2D eigenvalue weighted by atomic mass is 15.2. The number of fused-ring (bicyclic) bond motifs is 8. The summed E-state index contributed by atoms with van der Waals surface area (Å²) in [5.74, 6) is 0. The van der Waals surface area contributed by atoms with Crippen molar-refractivity contribution < 1.29 is 0 Å². The number of rotatable bonds is 2. The third-order valence-electron chi connectivity index (χ3n) is 12.3. The lowest BCUT2D eigenvalue weighted by Crippen LogP contribution is -2.59. The van der Waals surface area contributed by atoms with Crippen LogP contribution in [0.5, 0.6) is 0 Å². The Morgan fingerprint density at radius 3 is 1.87 bits per heavy atom. The van der Waals surface area contributed by atoms with Gasteiger partial charge < -0.3 is 9.80 Å². The number of nitrogens with zero attached hydrogens (tertiary/aromatic N) is 3. The second-order valence-corrected chi connectivity index (χ2v) is 15.1. The average molecular weight is 698 g/mol. The van der Waals surface area contributed by atoms with Gasteiger partial charge in [-0.25, -0.2) is 0 Å². The summed E-state index contributed by atoms with van der Waals surface area (Å²) in [7, 11) is 0. The van der Waals surface area contributed by atoms with Gasteiger partial charge in [-0.15, -0.1) is 0 Å². The summed E-state index contributed by atoms with van der Waals surface area (Å²) in [6.07, 6.45) is 2.00. The highest BCUT2D eigenvalue weighted by Crippen LogP contribution is 2.48. The largest absolute Gasteiger partial charge is 0.311 e. The minimum Gasteiger partial charge on any atom is -0.311 e. The second kappa shape index (κ2) is 11.5. The molecule has 55 heavy (non-hydrogen) atoms. The molecule has 4 heteroatoms. The fourth-order valence-corrected chi connectivity index (χ4v) is 9.90. The Kier molecular flexibility index (Phi) is 6.33. The molecule has 0 saturated carbocycles. The molecule has 0 radical (unpaired) electrons. The van der Waals surface area contributed by atoms with Crippen molar-refractivity contribution in [3.05, 3.63) is 187 Å². The average Bonchev–Trinajstić information content (AvgIpc) is 3.41. The van der Waals surface area contributed by atoms with E-state index >= 15 is 0 Å². The molecule has 0 saturated heterocycles. The highest BCUT2D eigenvalue weighted by Gasteiger charge is 2.42. The zero-order chi connectivity index (χ0) is 36.2. The van der Waals surface area contributed by atoms with Gasteiger partial charge in [0, 0.05) is 33.8 Å². The van der Waals surface area contributed by atoms with Gasteiger partial charge in [0.15, 0.2) is 0 Å². The lowest BCUT2D eigenvalue weighted by atomic mass is 9.32. The van der Waals surface area contributed by atoms with Crippen molar-refractivity contribution in [2.45, 2.75) is 12.8 Å². The van der Waals surface area contributed by atoms with Crippen LogP contribution in [-0.4, -0.2) is 6.71 Å². The van der Waals surface area contributed by atoms with Crippen LogP contribution in [0.3, 0.4) is 0 Å². The minimum absolute atomic E-state index is 0.0239. The predicted octanol–water partition coefficient (Wildman–Crippen LogP) is 10.9. The zero-order valence-corrected chi connectivity index (χ0v) is 30.0. The van der Waals surface area contributed by atoms with Crippen molar-refractivity contribution in [1.29, 1.82) is 5.26 Å². The van der Waals surface area contributed by atoms with Gasteiger partial charge in [-0.05, 0) is 121 Å². The molecule has 0 amide bonds. The van der Waals surface area contributed by atoms with Crippen molar-refractivity contribution in [3.63, 3.8) is 0 Å². The molecule has 0 N–H and O–H groups in total. The van der Waals surface area contributed by atoms with Crippen LogP contribution in [0.2, 0.25) is 0 Å². The van der Waals surface area contributed by atoms with E-state index in [0.717, 1.165) is 35.5 Å². The number of benzene rings is 9. The number of para-hydroxylation sites is 2. The first kappa shape index (κ1) is 30.4. The van der Waals surface area contributed by atoms with Crippen LogP contribution >= 0.6 is 0 Å².